The van der Waals surface area contributed by atoms with Gasteiger partial charge in [0.05, 0.1) is 16.1 Å². The van der Waals surface area contributed by atoms with Gasteiger partial charge in [0.15, 0.2) is 5.69 Å². The van der Waals surface area contributed by atoms with Crippen molar-refractivity contribution in [1.29, 1.82) is 0 Å². The highest BCUT2D eigenvalue weighted by atomic mass is 32.1. The Balaban J connectivity index is 2.19. The second-order valence-electron chi connectivity index (χ2n) is 3.16. The largest absolute Gasteiger partial charge is 0.476 e. The van der Waals surface area contributed by atoms with E-state index in [0.29, 0.717) is 16.3 Å². The molecule has 0 aromatic carbocycles. The molecule has 0 aliphatic heterocycles. The average molecular weight is 234 g/mol. The highest BCUT2D eigenvalue weighted by Gasteiger charge is 2.16. The number of carboxylic acid groups (broad SMARTS) is 1. The minimum atomic E-state index is -1.02. The molecule has 0 atom stereocenters. The average Bonchev–Trinajstić information content (AvgIpc) is 2.91. The molecule has 80 valence electrons. The molecule has 0 saturated carbocycles. The lowest BCUT2D eigenvalue weighted by Gasteiger charge is -1.92. The summed E-state index contributed by atoms with van der Waals surface area (Å²) in [5.41, 5.74) is 2.29. The van der Waals surface area contributed by atoms with Crippen LogP contribution in [0.5, 0.6) is 0 Å². The van der Waals surface area contributed by atoms with Crippen LogP contribution in [0.3, 0.4) is 0 Å². The van der Waals surface area contributed by atoms with E-state index in [1.807, 2.05) is 0 Å². The normalized spacial score (nSPS) is 11.0. The third-order valence-electron chi connectivity index (χ3n) is 2.20. The predicted octanol–water partition coefficient (Wildman–Crippen LogP) is 1.48. The van der Waals surface area contributed by atoms with Crippen molar-refractivity contribution in [1.82, 2.24) is 19.4 Å². The molecule has 0 fully saturated rings. The molecule has 2 N–H and O–H groups in total. The molecule has 16 heavy (non-hydrogen) atoms. The Morgan fingerprint density at radius 2 is 2.38 bits per heavy atom. The molecule has 0 saturated heterocycles. The summed E-state index contributed by atoms with van der Waals surface area (Å²) in [6, 6.07) is 0. The number of carbonyl (C=O) groups is 1. The van der Waals surface area contributed by atoms with Gasteiger partial charge in [-0.15, -0.1) is 11.3 Å². The number of H-pyrrole nitrogens is 1. The van der Waals surface area contributed by atoms with Crippen molar-refractivity contribution in [2.75, 3.05) is 0 Å². The minimum absolute atomic E-state index is 0.0644. The lowest BCUT2D eigenvalue weighted by atomic mass is 10.3. The van der Waals surface area contributed by atoms with E-state index in [4.69, 9.17) is 5.11 Å². The monoisotopic (exact) mass is 234 g/mol. The van der Waals surface area contributed by atoms with Crippen LogP contribution in [0.25, 0.3) is 16.3 Å². The summed E-state index contributed by atoms with van der Waals surface area (Å²) in [5, 5.41) is 8.95. The molecule has 7 heteroatoms. The summed E-state index contributed by atoms with van der Waals surface area (Å²) in [6.07, 6.45) is 5.25. The number of aromatic amines is 1. The van der Waals surface area contributed by atoms with Gasteiger partial charge in [0.25, 0.3) is 0 Å². The predicted molar refractivity (Wildman–Crippen MR) is 57.6 cm³/mol. The maximum atomic E-state index is 10.9. The van der Waals surface area contributed by atoms with E-state index >= 15 is 0 Å². The first-order chi connectivity index (χ1) is 7.75. The molecule has 0 spiro atoms. The molecule has 3 heterocycles. The number of aromatic nitrogens is 4. The number of aromatic carboxylic acids is 1. The van der Waals surface area contributed by atoms with E-state index in [0.717, 1.165) is 0 Å². The fourth-order valence-corrected chi connectivity index (χ4v) is 2.26. The van der Waals surface area contributed by atoms with Gasteiger partial charge in [0, 0.05) is 18.6 Å². The molecule has 0 amide bonds. The van der Waals surface area contributed by atoms with Crippen LogP contribution in [0.4, 0.5) is 0 Å². The Kier molecular flexibility index (Phi) is 1.80. The topological polar surface area (TPSA) is 83.3 Å². The van der Waals surface area contributed by atoms with Crippen molar-refractivity contribution < 1.29 is 9.90 Å². The van der Waals surface area contributed by atoms with Gasteiger partial charge < -0.3 is 10.1 Å². The zero-order valence-electron chi connectivity index (χ0n) is 7.91. The molecule has 3 rings (SSSR count). The SMILES string of the molecule is O=C(O)c1ncsc1-c1cn2ccnc2[nH]1. The summed E-state index contributed by atoms with van der Waals surface area (Å²) in [5.74, 6) is -0.344. The molecule has 0 aliphatic carbocycles. The number of hydrogen-bond acceptors (Lipinski definition) is 4. The van der Waals surface area contributed by atoms with Crippen molar-refractivity contribution >= 4 is 23.1 Å². The lowest BCUT2D eigenvalue weighted by Crippen LogP contribution is -1.98. The molecule has 6 nitrogen and oxygen atoms in total. The van der Waals surface area contributed by atoms with Crippen LogP contribution in [0.2, 0.25) is 0 Å². The van der Waals surface area contributed by atoms with E-state index in [1.54, 1.807) is 23.0 Å². The number of rotatable bonds is 2. The van der Waals surface area contributed by atoms with Crippen LogP contribution < -0.4 is 0 Å². The maximum absolute atomic E-state index is 10.9. The first-order valence-electron chi connectivity index (χ1n) is 4.44. The summed E-state index contributed by atoms with van der Waals surface area (Å²) in [4.78, 5) is 22.4. The summed E-state index contributed by atoms with van der Waals surface area (Å²) in [7, 11) is 0. The summed E-state index contributed by atoms with van der Waals surface area (Å²) >= 11 is 1.29. The van der Waals surface area contributed by atoms with Crippen molar-refractivity contribution in [2.24, 2.45) is 0 Å². The van der Waals surface area contributed by atoms with Crippen LogP contribution >= 0.6 is 11.3 Å². The van der Waals surface area contributed by atoms with Crippen LogP contribution in [0, 0.1) is 0 Å². The van der Waals surface area contributed by atoms with Crippen molar-refractivity contribution in [3.05, 3.63) is 29.8 Å². The molecule has 0 bridgehead atoms. The van der Waals surface area contributed by atoms with Gasteiger partial charge in [-0.2, -0.15) is 0 Å². The van der Waals surface area contributed by atoms with Crippen LogP contribution in [-0.2, 0) is 0 Å². The zero-order valence-corrected chi connectivity index (χ0v) is 8.73. The zero-order chi connectivity index (χ0) is 11.1. The first kappa shape index (κ1) is 9.10. The number of nitrogens with one attached hydrogen (secondary N) is 1. The van der Waals surface area contributed by atoms with Gasteiger partial charge in [-0.3, -0.25) is 4.40 Å². The number of imidazole rings is 2. The second-order valence-corrected chi connectivity index (χ2v) is 4.02. The smallest absolute Gasteiger partial charge is 0.356 e. The third-order valence-corrected chi connectivity index (χ3v) is 3.06. The van der Waals surface area contributed by atoms with Crippen LogP contribution in [0.15, 0.2) is 24.1 Å². The Bertz CT molecular complexity index is 637. The Hall–Kier alpha value is -2.15. The first-order valence-corrected chi connectivity index (χ1v) is 5.32. The number of carboxylic acids is 1. The molecule has 3 aromatic rings. The van der Waals surface area contributed by atoms with Crippen molar-refractivity contribution in [3.63, 3.8) is 0 Å². The molecule has 3 aromatic heterocycles. The highest BCUT2D eigenvalue weighted by Crippen LogP contribution is 2.26. The van der Waals surface area contributed by atoms with E-state index < -0.39 is 5.97 Å². The molecular formula is C9H6N4O2S. The van der Waals surface area contributed by atoms with Gasteiger partial charge in [-0.05, 0) is 0 Å². The van der Waals surface area contributed by atoms with Crippen LogP contribution in [0.1, 0.15) is 10.5 Å². The van der Waals surface area contributed by atoms with Gasteiger partial charge in [0.1, 0.15) is 0 Å². The molecular weight excluding hydrogens is 228 g/mol. The third kappa shape index (κ3) is 1.22. The Labute approximate surface area is 93.2 Å². The Morgan fingerprint density at radius 3 is 3.12 bits per heavy atom. The highest BCUT2D eigenvalue weighted by molar-refractivity contribution is 7.13. The standard InChI is InChI=1S/C9H6N4O2S/c14-8(15)6-7(16-4-11-6)5-3-13-2-1-10-9(13)12-5/h1-4H,(H,10,12)(H,14,15). The summed E-state index contributed by atoms with van der Waals surface area (Å²) in [6.45, 7) is 0. The van der Waals surface area contributed by atoms with Gasteiger partial charge >= 0.3 is 5.97 Å². The van der Waals surface area contributed by atoms with Crippen molar-refractivity contribution in [3.8, 4) is 10.6 Å². The fraction of sp³-hybridized carbons (Fsp3) is 0. The number of thiazole rings is 1. The lowest BCUT2D eigenvalue weighted by molar-refractivity contribution is 0.0692. The van der Waals surface area contributed by atoms with Crippen LogP contribution in [-0.4, -0.2) is 30.4 Å². The number of hydrogen-bond donors (Lipinski definition) is 2. The molecule has 0 radical (unpaired) electrons. The quantitative estimate of drug-likeness (QED) is 0.703. The van der Waals surface area contributed by atoms with E-state index in [2.05, 4.69) is 15.0 Å². The maximum Gasteiger partial charge on any atom is 0.356 e. The van der Waals surface area contributed by atoms with E-state index in [-0.39, 0.29) is 5.69 Å². The number of fused-ring (bicyclic) bond motifs is 1. The van der Waals surface area contributed by atoms with Crippen molar-refractivity contribution in [2.45, 2.75) is 0 Å². The molecule has 0 aliphatic rings. The van der Waals surface area contributed by atoms with Gasteiger partial charge in [0.2, 0.25) is 5.78 Å². The Morgan fingerprint density at radius 1 is 1.50 bits per heavy atom. The fourth-order valence-electron chi connectivity index (χ4n) is 1.51. The molecule has 0 unspecified atom stereocenters. The second kappa shape index (κ2) is 3.17. The van der Waals surface area contributed by atoms with E-state index in [1.165, 1.54) is 16.8 Å². The summed E-state index contributed by atoms with van der Waals surface area (Å²) < 4.78 is 1.79. The minimum Gasteiger partial charge on any atom is -0.476 e. The van der Waals surface area contributed by atoms with Gasteiger partial charge in [-0.1, -0.05) is 0 Å². The number of nitrogens with zero attached hydrogens (tertiary/aromatic N) is 3. The van der Waals surface area contributed by atoms with E-state index in [9.17, 15) is 4.79 Å². The van der Waals surface area contributed by atoms with Gasteiger partial charge in [-0.25, -0.2) is 14.8 Å².